The molecule has 2 aliphatic rings. The summed E-state index contributed by atoms with van der Waals surface area (Å²) in [5.41, 5.74) is 0.683. The van der Waals surface area contributed by atoms with Crippen LogP contribution in [0.15, 0.2) is 48.5 Å². The van der Waals surface area contributed by atoms with Gasteiger partial charge in [0, 0.05) is 36.5 Å². The maximum Gasteiger partial charge on any atom is 0.255 e. The zero-order chi connectivity index (χ0) is 19.7. The van der Waals surface area contributed by atoms with E-state index >= 15 is 0 Å². The fraction of sp³-hybridized carbons (Fsp3) is 0.333. The van der Waals surface area contributed by atoms with Gasteiger partial charge >= 0.3 is 0 Å². The van der Waals surface area contributed by atoms with Gasteiger partial charge in [-0.15, -0.1) is 11.8 Å². The zero-order valence-electron chi connectivity index (χ0n) is 15.2. The van der Waals surface area contributed by atoms with Crippen molar-refractivity contribution in [2.75, 3.05) is 25.4 Å². The highest BCUT2D eigenvalue weighted by atomic mass is 32.2. The van der Waals surface area contributed by atoms with Gasteiger partial charge in [-0.05, 0) is 49.2 Å². The monoisotopic (exact) mass is 402 g/mol. The van der Waals surface area contributed by atoms with Gasteiger partial charge in [0.05, 0.1) is 4.87 Å². The maximum absolute atomic E-state index is 13.5. The Bertz CT molecular complexity index is 913. The van der Waals surface area contributed by atoms with E-state index in [0.29, 0.717) is 43.6 Å². The highest BCUT2D eigenvalue weighted by molar-refractivity contribution is 8.00. The molecule has 1 spiro atoms. The summed E-state index contributed by atoms with van der Waals surface area (Å²) in [6.45, 7) is 1.60. The van der Waals surface area contributed by atoms with Crippen LogP contribution in [0.1, 0.15) is 33.6 Å². The lowest BCUT2D eigenvalue weighted by Crippen LogP contribution is -2.53. The lowest BCUT2D eigenvalue weighted by Gasteiger charge is -2.44. The van der Waals surface area contributed by atoms with Gasteiger partial charge < -0.3 is 9.80 Å². The molecule has 2 aromatic rings. The molecular weight excluding hydrogens is 382 g/mol. The summed E-state index contributed by atoms with van der Waals surface area (Å²) in [6, 6.07) is 11.5. The number of likely N-dealkylation sites (tertiary alicyclic amines) is 1. The van der Waals surface area contributed by atoms with Crippen molar-refractivity contribution in [3.05, 3.63) is 71.3 Å². The normalized spacial score (nSPS) is 18.5. The quantitative estimate of drug-likeness (QED) is 0.768. The summed E-state index contributed by atoms with van der Waals surface area (Å²) in [4.78, 5) is 28.8. The van der Waals surface area contributed by atoms with Crippen molar-refractivity contribution in [3.8, 4) is 0 Å². The van der Waals surface area contributed by atoms with E-state index in [0.717, 1.165) is 5.75 Å². The third-order valence-corrected chi connectivity index (χ3v) is 6.95. The molecule has 4 rings (SSSR count). The lowest BCUT2D eigenvalue weighted by atomic mass is 10.00. The number of rotatable bonds is 2. The van der Waals surface area contributed by atoms with Crippen LogP contribution in [0.25, 0.3) is 0 Å². The lowest BCUT2D eigenvalue weighted by molar-refractivity contribution is 0.0497. The van der Waals surface area contributed by atoms with Gasteiger partial charge in [-0.2, -0.15) is 0 Å². The number of piperidine rings is 1. The molecular formula is C21H20F2N2O2S. The maximum atomic E-state index is 13.5. The van der Waals surface area contributed by atoms with Crippen LogP contribution < -0.4 is 0 Å². The Morgan fingerprint density at radius 1 is 0.857 bits per heavy atom. The fourth-order valence-electron chi connectivity index (χ4n) is 3.95. The molecule has 2 aliphatic heterocycles. The van der Waals surface area contributed by atoms with E-state index in [1.54, 1.807) is 34.9 Å². The first-order valence-electron chi connectivity index (χ1n) is 9.25. The number of thioether (sulfide) groups is 1. The van der Waals surface area contributed by atoms with Crippen LogP contribution in [0, 0.1) is 11.6 Å². The van der Waals surface area contributed by atoms with Crippen molar-refractivity contribution in [1.29, 1.82) is 0 Å². The van der Waals surface area contributed by atoms with E-state index in [4.69, 9.17) is 0 Å². The highest BCUT2D eigenvalue weighted by Gasteiger charge is 2.47. The van der Waals surface area contributed by atoms with Crippen molar-refractivity contribution in [1.82, 2.24) is 9.80 Å². The molecule has 0 bridgehead atoms. The number of hydrogen-bond acceptors (Lipinski definition) is 3. The van der Waals surface area contributed by atoms with Gasteiger partial charge in [-0.3, -0.25) is 9.59 Å². The van der Waals surface area contributed by atoms with Gasteiger partial charge in [0.15, 0.2) is 0 Å². The molecule has 2 aromatic carbocycles. The first kappa shape index (κ1) is 18.9. The van der Waals surface area contributed by atoms with Crippen molar-refractivity contribution in [2.45, 2.75) is 17.7 Å². The first-order chi connectivity index (χ1) is 13.5. The van der Waals surface area contributed by atoms with Crippen LogP contribution >= 0.6 is 11.8 Å². The number of halogens is 2. The number of carbonyl (C=O) groups is 2. The van der Waals surface area contributed by atoms with Gasteiger partial charge in [-0.25, -0.2) is 8.78 Å². The minimum Gasteiger partial charge on any atom is -0.338 e. The second-order valence-electron chi connectivity index (χ2n) is 7.06. The molecule has 0 aliphatic carbocycles. The van der Waals surface area contributed by atoms with Crippen molar-refractivity contribution in [2.24, 2.45) is 0 Å². The van der Waals surface area contributed by atoms with Gasteiger partial charge in [-0.1, -0.05) is 12.1 Å². The van der Waals surface area contributed by atoms with Crippen LogP contribution in [-0.2, 0) is 0 Å². The zero-order valence-corrected chi connectivity index (χ0v) is 16.1. The minimum atomic E-state index is -0.433. The van der Waals surface area contributed by atoms with Crippen molar-refractivity contribution < 1.29 is 18.4 Å². The van der Waals surface area contributed by atoms with E-state index in [1.165, 1.54) is 30.3 Å². The molecule has 0 aromatic heterocycles. The van der Waals surface area contributed by atoms with E-state index in [-0.39, 0.29) is 16.7 Å². The predicted octanol–water partition coefficient (Wildman–Crippen LogP) is 3.79. The highest BCUT2D eigenvalue weighted by Crippen LogP contribution is 2.44. The molecule has 0 radical (unpaired) electrons. The second kappa shape index (κ2) is 7.54. The summed E-state index contributed by atoms with van der Waals surface area (Å²) in [7, 11) is 0. The Morgan fingerprint density at radius 3 is 2.00 bits per heavy atom. The standard InChI is InChI=1S/C21H20F2N2O2S/c22-17-5-1-3-15(13-17)19(26)24-9-7-21(8-10-24)25(11-12-28-21)20(27)16-4-2-6-18(23)14-16/h1-6,13-14H,7-12H2. The van der Waals surface area contributed by atoms with Crippen molar-refractivity contribution in [3.63, 3.8) is 0 Å². The van der Waals surface area contributed by atoms with E-state index in [9.17, 15) is 18.4 Å². The predicted molar refractivity (Wildman–Crippen MR) is 104 cm³/mol. The number of amides is 2. The van der Waals surface area contributed by atoms with Crippen molar-refractivity contribution >= 4 is 23.6 Å². The van der Waals surface area contributed by atoms with Gasteiger partial charge in [0.1, 0.15) is 11.6 Å². The Labute approximate surface area is 166 Å². The second-order valence-corrected chi connectivity index (χ2v) is 8.52. The molecule has 2 fully saturated rings. The summed E-state index contributed by atoms with van der Waals surface area (Å²) >= 11 is 1.73. The van der Waals surface area contributed by atoms with E-state index < -0.39 is 11.6 Å². The Kier molecular flexibility index (Phi) is 5.10. The molecule has 28 heavy (non-hydrogen) atoms. The smallest absolute Gasteiger partial charge is 0.255 e. The molecule has 146 valence electrons. The number of benzene rings is 2. The van der Waals surface area contributed by atoms with E-state index in [1.807, 2.05) is 4.90 Å². The summed E-state index contributed by atoms with van der Waals surface area (Å²) in [6.07, 6.45) is 1.28. The molecule has 0 atom stereocenters. The Morgan fingerprint density at radius 2 is 1.43 bits per heavy atom. The van der Waals surface area contributed by atoms with Gasteiger partial charge in [0.25, 0.3) is 11.8 Å². The molecule has 2 saturated heterocycles. The SMILES string of the molecule is O=C(c1cccc(F)c1)N1CCC2(CC1)SCCN2C(=O)c1cccc(F)c1. The van der Waals surface area contributed by atoms with E-state index in [2.05, 4.69) is 0 Å². The summed E-state index contributed by atoms with van der Waals surface area (Å²) in [5.74, 6) is -0.409. The van der Waals surface area contributed by atoms with Crippen LogP contribution in [-0.4, -0.2) is 51.9 Å². The first-order valence-corrected chi connectivity index (χ1v) is 10.2. The molecule has 0 N–H and O–H groups in total. The molecule has 2 amide bonds. The molecule has 0 saturated carbocycles. The largest absolute Gasteiger partial charge is 0.338 e. The number of carbonyl (C=O) groups excluding carboxylic acids is 2. The molecule has 7 heteroatoms. The van der Waals surface area contributed by atoms with Crippen LogP contribution in [0.2, 0.25) is 0 Å². The van der Waals surface area contributed by atoms with Crippen LogP contribution in [0.3, 0.4) is 0 Å². The fourth-order valence-corrected chi connectivity index (χ4v) is 5.41. The molecule has 4 nitrogen and oxygen atoms in total. The Hall–Kier alpha value is -2.41. The number of hydrogen-bond donors (Lipinski definition) is 0. The Balaban J connectivity index is 1.48. The van der Waals surface area contributed by atoms with Gasteiger partial charge in [0.2, 0.25) is 0 Å². The minimum absolute atomic E-state index is 0.172. The van der Waals surface area contributed by atoms with Crippen LogP contribution in [0.5, 0.6) is 0 Å². The summed E-state index contributed by atoms with van der Waals surface area (Å²) < 4.78 is 27.0. The summed E-state index contributed by atoms with van der Waals surface area (Å²) in [5, 5.41) is 0. The average Bonchev–Trinajstić information content (AvgIpc) is 3.10. The molecule has 0 unspecified atom stereocenters. The van der Waals surface area contributed by atoms with Crippen LogP contribution in [0.4, 0.5) is 8.78 Å². The number of nitrogens with zero attached hydrogens (tertiary/aromatic N) is 2. The molecule has 2 heterocycles. The third-order valence-electron chi connectivity index (χ3n) is 5.40. The third kappa shape index (κ3) is 3.51. The average molecular weight is 402 g/mol. The topological polar surface area (TPSA) is 40.6 Å².